The molecule has 42 heavy (non-hydrogen) atoms. The minimum atomic E-state index is -2.17. The minimum Gasteiger partial charge on any atom is -0.492 e. The lowest BCUT2D eigenvalue weighted by Crippen LogP contribution is -2.48. The van der Waals surface area contributed by atoms with Crippen molar-refractivity contribution < 1.29 is 18.7 Å². The molecule has 11 heteroatoms. The molecule has 1 amide bonds. The number of carbonyl (C=O) groups excluding carboxylic acids is 1. The molecule has 1 aromatic heterocycles. The molecule has 0 fully saturated rings. The minimum absolute atomic E-state index is 0.00574. The predicted molar refractivity (Wildman–Crippen MR) is 173 cm³/mol. The number of amides is 1. The summed E-state index contributed by atoms with van der Waals surface area (Å²) in [4.78, 5) is 24.1. The van der Waals surface area contributed by atoms with Gasteiger partial charge in [0.25, 0.3) is 0 Å². The van der Waals surface area contributed by atoms with Crippen molar-refractivity contribution in [1.82, 2.24) is 14.9 Å². The van der Waals surface area contributed by atoms with Crippen LogP contribution in [-0.2, 0) is 15.6 Å². The van der Waals surface area contributed by atoms with Crippen LogP contribution in [0, 0.1) is 6.92 Å². The number of aryl methyl sites for hydroxylation is 1. The van der Waals surface area contributed by atoms with Crippen molar-refractivity contribution in [2.75, 3.05) is 37.4 Å². The van der Waals surface area contributed by atoms with Crippen molar-refractivity contribution in [3.05, 3.63) is 40.1 Å². The average molecular weight is 616 g/mol. The number of anilines is 3. The first-order chi connectivity index (χ1) is 19.5. The highest BCUT2D eigenvalue weighted by Crippen LogP contribution is 2.46. The maximum absolute atomic E-state index is 13.3. The van der Waals surface area contributed by atoms with Gasteiger partial charge in [0, 0.05) is 49.4 Å². The van der Waals surface area contributed by atoms with Gasteiger partial charge in [-0.1, -0.05) is 38.4 Å². The number of nitrogens with one attached hydrogen (secondary N) is 2. The van der Waals surface area contributed by atoms with Crippen molar-refractivity contribution in [3.63, 3.8) is 0 Å². The molecule has 0 spiro atoms. The van der Waals surface area contributed by atoms with Crippen molar-refractivity contribution in [2.45, 2.75) is 91.1 Å². The molecule has 2 aliphatic heterocycles. The van der Waals surface area contributed by atoms with Gasteiger partial charge in [-0.05, 0) is 63.9 Å². The fraction of sp³-hybridized carbons (Fsp3) is 0.581. The fourth-order valence-corrected chi connectivity index (χ4v) is 6.50. The fourth-order valence-electron chi connectivity index (χ4n) is 4.85. The van der Waals surface area contributed by atoms with E-state index in [4.69, 9.17) is 25.5 Å². The normalized spacial score (nSPS) is 17.6. The summed E-state index contributed by atoms with van der Waals surface area (Å²) in [7, 11) is -0.348. The maximum Gasteiger partial charge on any atom is 0.410 e. The summed E-state index contributed by atoms with van der Waals surface area (Å²) >= 11 is 7.19. The third-order valence-corrected chi connectivity index (χ3v) is 12.9. The van der Waals surface area contributed by atoms with E-state index >= 15 is 0 Å². The molecule has 0 bridgehead atoms. The first-order valence-electron chi connectivity index (χ1n) is 14.6. The number of aromatic nitrogens is 2. The van der Waals surface area contributed by atoms with E-state index in [1.54, 1.807) is 4.90 Å². The lowest BCUT2D eigenvalue weighted by Gasteiger charge is -2.40. The van der Waals surface area contributed by atoms with Crippen LogP contribution in [0.1, 0.15) is 64.8 Å². The van der Waals surface area contributed by atoms with Crippen LogP contribution in [0.3, 0.4) is 0 Å². The molecule has 1 unspecified atom stereocenters. The number of rotatable bonds is 6. The third kappa shape index (κ3) is 7.38. The van der Waals surface area contributed by atoms with Gasteiger partial charge < -0.3 is 29.4 Å². The summed E-state index contributed by atoms with van der Waals surface area (Å²) in [5.74, 6) is 1.95. The molecule has 1 aromatic carbocycles. The Labute approximate surface area is 256 Å². The Balaban J connectivity index is 1.77. The molecule has 230 valence electrons. The summed E-state index contributed by atoms with van der Waals surface area (Å²) in [6, 6.07) is 3.90. The van der Waals surface area contributed by atoms with Gasteiger partial charge in [-0.15, -0.1) is 0 Å². The number of benzene rings is 1. The lowest BCUT2D eigenvalue weighted by molar-refractivity contribution is 0.0196. The monoisotopic (exact) mass is 615 g/mol. The largest absolute Gasteiger partial charge is 0.492 e. The zero-order valence-corrected chi connectivity index (χ0v) is 28.5. The molecule has 9 nitrogen and oxygen atoms in total. The number of nitrogens with zero attached hydrogens (tertiary/aromatic N) is 3. The summed E-state index contributed by atoms with van der Waals surface area (Å²) in [5.41, 5.74) is 3.81. The van der Waals surface area contributed by atoms with Crippen LogP contribution >= 0.6 is 11.6 Å². The molecule has 0 radical (unpaired) electrons. The van der Waals surface area contributed by atoms with Crippen LogP contribution in [-0.4, -0.2) is 67.7 Å². The van der Waals surface area contributed by atoms with Crippen molar-refractivity contribution >= 4 is 49.0 Å². The molecule has 0 aliphatic carbocycles. The van der Waals surface area contributed by atoms with Crippen LogP contribution in [0.4, 0.5) is 22.2 Å². The molecule has 1 atom stereocenters. The van der Waals surface area contributed by atoms with Gasteiger partial charge in [0.05, 0.1) is 23.4 Å². The lowest BCUT2D eigenvalue weighted by atomic mass is 9.95. The molecule has 0 saturated heterocycles. The number of carbonyl (C=O) groups is 1. The highest BCUT2D eigenvalue weighted by atomic mass is 35.5. The molecule has 0 saturated carbocycles. The van der Waals surface area contributed by atoms with Gasteiger partial charge in [0.2, 0.25) is 5.95 Å². The Bertz CT molecular complexity index is 1370. The zero-order chi connectivity index (χ0) is 31.0. The quantitative estimate of drug-likeness (QED) is 0.321. The van der Waals surface area contributed by atoms with E-state index in [9.17, 15) is 4.79 Å². The van der Waals surface area contributed by atoms with E-state index in [0.717, 1.165) is 34.6 Å². The van der Waals surface area contributed by atoms with Crippen molar-refractivity contribution in [1.29, 1.82) is 0 Å². The van der Waals surface area contributed by atoms with Crippen molar-refractivity contribution in [2.24, 2.45) is 0 Å². The highest BCUT2D eigenvalue weighted by molar-refractivity contribution is 6.74. The van der Waals surface area contributed by atoms with Gasteiger partial charge in [-0.2, -0.15) is 4.98 Å². The van der Waals surface area contributed by atoms with Gasteiger partial charge in [-0.25, -0.2) is 9.78 Å². The molecule has 2 aliphatic rings. The van der Waals surface area contributed by atoms with E-state index in [2.05, 4.69) is 60.5 Å². The predicted octanol–water partition coefficient (Wildman–Crippen LogP) is 7.57. The van der Waals surface area contributed by atoms with E-state index in [-0.39, 0.29) is 17.2 Å². The SMILES string of the molecule is CNc1cc(C)nc(Nc2cc3c(c(C4=CCN(C(=O)OC(C)(C)C)CC(O[Si](C)(C)C(C)(C)C)C4)c2Cl)OCC3)n1. The smallest absolute Gasteiger partial charge is 0.410 e. The molecule has 2 N–H and O–H groups in total. The van der Waals surface area contributed by atoms with Crippen LogP contribution in [0.5, 0.6) is 5.75 Å². The molecule has 4 rings (SSSR count). The first kappa shape index (κ1) is 32.1. The summed E-state index contributed by atoms with van der Waals surface area (Å²) in [6.07, 6.45) is 2.81. The van der Waals surface area contributed by atoms with Gasteiger partial charge in [0.15, 0.2) is 8.32 Å². The third-order valence-electron chi connectivity index (χ3n) is 7.94. The van der Waals surface area contributed by atoms with E-state index in [1.807, 2.05) is 46.9 Å². The second-order valence-corrected chi connectivity index (χ2v) is 18.7. The van der Waals surface area contributed by atoms with Gasteiger partial charge >= 0.3 is 6.09 Å². The number of hydrogen-bond acceptors (Lipinski definition) is 8. The topological polar surface area (TPSA) is 97.8 Å². The van der Waals surface area contributed by atoms with Gasteiger partial charge in [-0.3, -0.25) is 0 Å². The summed E-state index contributed by atoms with van der Waals surface area (Å²) in [6.45, 7) is 20.1. The van der Waals surface area contributed by atoms with Gasteiger partial charge in [0.1, 0.15) is 17.2 Å². The van der Waals surface area contributed by atoms with E-state index in [1.165, 1.54) is 0 Å². The molecular weight excluding hydrogens is 570 g/mol. The second-order valence-electron chi connectivity index (χ2n) is 13.6. The van der Waals surface area contributed by atoms with E-state index in [0.29, 0.717) is 48.6 Å². The molecule has 2 aromatic rings. The Hall–Kier alpha value is -2.82. The van der Waals surface area contributed by atoms with Crippen LogP contribution < -0.4 is 15.4 Å². The number of halogens is 1. The Kier molecular flexibility index (Phi) is 9.21. The van der Waals surface area contributed by atoms with Crippen LogP contribution in [0.2, 0.25) is 23.2 Å². The second kappa shape index (κ2) is 12.0. The maximum atomic E-state index is 13.3. The van der Waals surface area contributed by atoms with E-state index < -0.39 is 13.9 Å². The zero-order valence-electron chi connectivity index (χ0n) is 26.7. The number of fused-ring (bicyclic) bond motifs is 1. The number of hydrogen-bond donors (Lipinski definition) is 2. The van der Waals surface area contributed by atoms with Crippen LogP contribution in [0.15, 0.2) is 18.2 Å². The molecular formula is C31H46ClN5O4Si. The standard InChI is InChI=1S/C31H46ClN5O4Si/c1-19-15-24(33-8)36-28(34-19)35-23-17-21-12-14-39-27(21)25(26(23)32)20-11-13-37(29(38)40-30(2,3)4)18-22(16-20)41-42(9,10)31(5,6)7/h11,15,17,22H,12-14,16,18H2,1-10H3,(H2,33,34,35,36). The first-order valence-corrected chi connectivity index (χ1v) is 17.9. The average Bonchev–Trinajstić information content (AvgIpc) is 3.21. The molecule has 3 heterocycles. The Morgan fingerprint density at radius 1 is 1.17 bits per heavy atom. The number of ether oxygens (including phenoxy) is 2. The summed E-state index contributed by atoms with van der Waals surface area (Å²) < 4.78 is 18.9. The van der Waals surface area contributed by atoms with Crippen LogP contribution in [0.25, 0.3) is 5.57 Å². The summed E-state index contributed by atoms with van der Waals surface area (Å²) in [5, 5.41) is 6.95. The van der Waals surface area contributed by atoms with Crippen molar-refractivity contribution in [3.8, 4) is 5.75 Å². The highest BCUT2D eigenvalue weighted by Gasteiger charge is 2.41. The Morgan fingerprint density at radius 2 is 1.88 bits per heavy atom. The Morgan fingerprint density at radius 3 is 2.52 bits per heavy atom.